The van der Waals surface area contributed by atoms with E-state index in [2.05, 4.69) is 0 Å². The second-order valence-corrected chi connectivity index (χ2v) is 5.12. The van der Waals surface area contributed by atoms with Gasteiger partial charge in [-0.25, -0.2) is 0 Å². The zero-order chi connectivity index (χ0) is 12.5. The molecule has 1 aliphatic carbocycles. The van der Waals surface area contributed by atoms with Crippen LogP contribution in [0.4, 0.5) is 0 Å². The molecule has 3 N–H and O–H groups in total. The Kier molecular flexibility index (Phi) is 4.05. The van der Waals surface area contributed by atoms with Crippen LogP contribution in [-0.2, 0) is 9.47 Å². The van der Waals surface area contributed by atoms with Gasteiger partial charge in [-0.15, -0.1) is 0 Å². The van der Waals surface area contributed by atoms with Crippen molar-refractivity contribution < 1.29 is 24.8 Å². The molecule has 0 radical (unpaired) electrons. The first-order valence-corrected chi connectivity index (χ1v) is 6.40. The van der Waals surface area contributed by atoms with Gasteiger partial charge in [0.2, 0.25) is 0 Å². The largest absolute Gasteiger partial charge is 0.394 e. The average Bonchev–Trinajstić information content (AvgIpc) is 2.67. The monoisotopic (exact) mass is 246 g/mol. The Morgan fingerprint density at radius 3 is 2.35 bits per heavy atom. The summed E-state index contributed by atoms with van der Waals surface area (Å²) in [5, 5.41) is 28.6. The predicted molar refractivity (Wildman–Crippen MR) is 60.3 cm³/mol. The Hall–Kier alpha value is -0.200. The highest BCUT2D eigenvalue weighted by atomic mass is 16.8. The summed E-state index contributed by atoms with van der Waals surface area (Å²) in [7, 11) is 0. The molecule has 1 aliphatic heterocycles. The molecule has 0 aromatic heterocycles. The molecule has 1 heterocycles. The van der Waals surface area contributed by atoms with Crippen LogP contribution < -0.4 is 0 Å². The Labute approximate surface area is 101 Å². The number of ether oxygens (including phenoxy) is 2. The van der Waals surface area contributed by atoms with E-state index in [1.165, 1.54) is 13.3 Å². The molecule has 0 bridgehead atoms. The van der Waals surface area contributed by atoms with E-state index in [0.717, 1.165) is 25.7 Å². The summed E-state index contributed by atoms with van der Waals surface area (Å²) in [5.74, 6) is -0.647. The molecule has 5 nitrogen and oxygen atoms in total. The van der Waals surface area contributed by atoms with Gasteiger partial charge in [0, 0.05) is 12.8 Å². The summed E-state index contributed by atoms with van der Waals surface area (Å²) in [4.78, 5) is 0. The number of aliphatic hydroxyl groups excluding tert-OH is 3. The Balaban J connectivity index is 2.07. The van der Waals surface area contributed by atoms with Crippen molar-refractivity contribution in [1.82, 2.24) is 0 Å². The highest BCUT2D eigenvalue weighted by Gasteiger charge is 2.50. The van der Waals surface area contributed by atoms with Crippen molar-refractivity contribution in [2.45, 2.75) is 69.2 Å². The van der Waals surface area contributed by atoms with E-state index in [1.807, 2.05) is 0 Å². The summed E-state index contributed by atoms with van der Waals surface area (Å²) >= 11 is 0. The van der Waals surface area contributed by atoms with Gasteiger partial charge in [-0.1, -0.05) is 6.42 Å². The van der Waals surface area contributed by atoms with Crippen LogP contribution in [0.1, 0.15) is 39.0 Å². The first kappa shape index (κ1) is 13.2. The molecular formula is C12H22O5. The van der Waals surface area contributed by atoms with Crippen molar-refractivity contribution in [3.8, 4) is 0 Å². The summed E-state index contributed by atoms with van der Waals surface area (Å²) in [6.45, 7) is 1.31. The molecule has 1 spiro atoms. The van der Waals surface area contributed by atoms with Gasteiger partial charge in [-0.2, -0.15) is 0 Å². The molecule has 2 rings (SSSR count). The molecule has 100 valence electrons. The van der Waals surface area contributed by atoms with Crippen molar-refractivity contribution in [2.75, 3.05) is 6.61 Å². The van der Waals surface area contributed by atoms with Gasteiger partial charge in [0.15, 0.2) is 5.79 Å². The van der Waals surface area contributed by atoms with E-state index in [0.29, 0.717) is 0 Å². The first-order chi connectivity index (χ1) is 8.08. The summed E-state index contributed by atoms with van der Waals surface area (Å²) in [5.41, 5.74) is 0. The molecular weight excluding hydrogens is 224 g/mol. The zero-order valence-electron chi connectivity index (χ0n) is 10.2. The van der Waals surface area contributed by atoms with Crippen LogP contribution in [0.3, 0.4) is 0 Å². The van der Waals surface area contributed by atoms with Gasteiger partial charge in [-0.3, -0.25) is 0 Å². The maximum absolute atomic E-state index is 9.88. The molecule has 2 fully saturated rings. The highest BCUT2D eigenvalue weighted by molar-refractivity contribution is 4.92. The number of hydrogen-bond acceptors (Lipinski definition) is 5. The van der Waals surface area contributed by atoms with Gasteiger partial charge in [0.05, 0.1) is 12.7 Å². The summed E-state index contributed by atoms with van der Waals surface area (Å²) < 4.78 is 11.6. The molecule has 4 atom stereocenters. The number of hydrogen-bond donors (Lipinski definition) is 3. The topological polar surface area (TPSA) is 79.2 Å². The van der Waals surface area contributed by atoms with Crippen molar-refractivity contribution in [1.29, 1.82) is 0 Å². The maximum Gasteiger partial charge on any atom is 0.169 e. The van der Waals surface area contributed by atoms with Crippen molar-refractivity contribution >= 4 is 0 Å². The van der Waals surface area contributed by atoms with Gasteiger partial charge < -0.3 is 24.8 Å². The summed E-state index contributed by atoms with van der Waals surface area (Å²) in [6.07, 6.45) is 1.74. The lowest BCUT2D eigenvalue weighted by Crippen LogP contribution is -2.43. The van der Waals surface area contributed by atoms with Crippen LogP contribution in [-0.4, -0.2) is 52.1 Å². The quantitative estimate of drug-likeness (QED) is 0.661. The third kappa shape index (κ3) is 2.63. The van der Waals surface area contributed by atoms with Crippen molar-refractivity contribution in [3.63, 3.8) is 0 Å². The molecule has 5 heteroatoms. The van der Waals surface area contributed by atoms with Crippen LogP contribution in [0.5, 0.6) is 0 Å². The zero-order valence-corrected chi connectivity index (χ0v) is 10.2. The van der Waals surface area contributed by atoms with Gasteiger partial charge in [0.25, 0.3) is 0 Å². The highest BCUT2D eigenvalue weighted by Crippen LogP contribution is 2.41. The third-order valence-electron chi connectivity index (χ3n) is 3.71. The van der Waals surface area contributed by atoms with Crippen LogP contribution in [0.15, 0.2) is 0 Å². The minimum Gasteiger partial charge on any atom is -0.394 e. The fourth-order valence-electron chi connectivity index (χ4n) is 2.73. The first-order valence-electron chi connectivity index (χ1n) is 6.40. The van der Waals surface area contributed by atoms with Gasteiger partial charge in [-0.05, 0) is 19.8 Å². The van der Waals surface area contributed by atoms with E-state index in [-0.39, 0.29) is 6.61 Å². The van der Waals surface area contributed by atoms with Crippen LogP contribution in [0.25, 0.3) is 0 Å². The Morgan fingerprint density at radius 1 is 1.18 bits per heavy atom. The number of aliphatic hydroxyl groups is 3. The van der Waals surface area contributed by atoms with E-state index in [1.54, 1.807) is 0 Å². The maximum atomic E-state index is 9.88. The standard InChI is InChI=1S/C12H22O5/c1-8(14)10(15)11-9(7-13)16-12(17-11)5-3-2-4-6-12/h8-11,13-15H,2-7H2,1H3. The van der Waals surface area contributed by atoms with Crippen molar-refractivity contribution in [3.05, 3.63) is 0 Å². The molecule has 0 aromatic rings. The Morgan fingerprint density at radius 2 is 1.82 bits per heavy atom. The molecule has 2 aliphatic rings. The molecule has 1 saturated carbocycles. The molecule has 4 unspecified atom stereocenters. The SMILES string of the molecule is CC(O)C(O)C1OC2(CCCCC2)OC1CO. The van der Waals surface area contributed by atoms with Gasteiger partial charge >= 0.3 is 0 Å². The molecule has 0 aromatic carbocycles. The lowest BCUT2D eigenvalue weighted by Gasteiger charge is -2.32. The van der Waals surface area contributed by atoms with E-state index in [4.69, 9.17) is 9.47 Å². The smallest absolute Gasteiger partial charge is 0.169 e. The predicted octanol–water partition coefficient (Wildman–Crippen LogP) is 0.165. The van der Waals surface area contributed by atoms with Crippen molar-refractivity contribution in [2.24, 2.45) is 0 Å². The minimum absolute atomic E-state index is 0.198. The van der Waals surface area contributed by atoms with Crippen LogP contribution in [0.2, 0.25) is 0 Å². The second-order valence-electron chi connectivity index (χ2n) is 5.12. The molecule has 17 heavy (non-hydrogen) atoms. The average molecular weight is 246 g/mol. The Bertz CT molecular complexity index is 249. The van der Waals surface area contributed by atoms with Crippen LogP contribution >= 0.6 is 0 Å². The van der Waals surface area contributed by atoms with E-state index in [9.17, 15) is 15.3 Å². The second kappa shape index (κ2) is 5.20. The molecule has 0 amide bonds. The normalized spacial score (nSPS) is 36.0. The van der Waals surface area contributed by atoms with E-state index < -0.39 is 30.2 Å². The summed E-state index contributed by atoms with van der Waals surface area (Å²) in [6, 6.07) is 0. The third-order valence-corrected chi connectivity index (χ3v) is 3.71. The fraction of sp³-hybridized carbons (Fsp3) is 1.00. The lowest BCUT2D eigenvalue weighted by molar-refractivity contribution is -0.204. The molecule has 1 saturated heterocycles. The van der Waals surface area contributed by atoms with Crippen LogP contribution in [0, 0.1) is 0 Å². The minimum atomic E-state index is -1.02. The van der Waals surface area contributed by atoms with E-state index >= 15 is 0 Å². The fourth-order valence-corrected chi connectivity index (χ4v) is 2.73. The number of rotatable bonds is 3. The van der Waals surface area contributed by atoms with Gasteiger partial charge in [0.1, 0.15) is 18.3 Å². The lowest BCUT2D eigenvalue weighted by atomic mass is 9.94.